The number of nitrogens with one attached hydrogen (secondary N) is 1. The van der Waals surface area contributed by atoms with Gasteiger partial charge in [-0.15, -0.1) is 0 Å². The predicted octanol–water partition coefficient (Wildman–Crippen LogP) is 4.02. The van der Waals surface area contributed by atoms with E-state index in [2.05, 4.69) is 48.3 Å². The molecule has 2 rings (SSSR count). The van der Waals surface area contributed by atoms with Crippen LogP contribution >= 0.6 is 0 Å². The first-order chi connectivity index (χ1) is 10.2. The topological polar surface area (TPSA) is 15.3 Å². The Morgan fingerprint density at radius 2 is 1.95 bits per heavy atom. The fourth-order valence-electron chi connectivity index (χ4n) is 3.43. The van der Waals surface area contributed by atoms with E-state index in [0.29, 0.717) is 5.92 Å². The molecule has 0 aliphatic carbocycles. The van der Waals surface area contributed by atoms with Crippen LogP contribution in [0.4, 0.5) is 0 Å². The van der Waals surface area contributed by atoms with Gasteiger partial charge in [-0.05, 0) is 62.4 Å². The van der Waals surface area contributed by atoms with Gasteiger partial charge in [0.25, 0.3) is 0 Å². The Bertz CT molecular complexity index is 399. The Labute approximate surface area is 130 Å². The summed E-state index contributed by atoms with van der Waals surface area (Å²) in [5.74, 6) is 1.55. The number of nitrogens with zero attached hydrogens (tertiary/aromatic N) is 1. The first-order valence-corrected chi connectivity index (χ1v) is 8.68. The summed E-state index contributed by atoms with van der Waals surface area (Å²) in [6.07, 6.45) is 5.53. The van der Waals surface area contributed by atoms with Crippen LogP contribution in [0.15, 0.2) is 24.3 Å². The molecule has 1 fully saturated rings. The van der Waals surface area contributed by atoms with Gasteiger partial charge in [-0.25, -0.2) is 0 Å². The summed E-state index contributed by atoms with van der Waals surface area (Å²) in [4.78, 5) is 2.64. The van der Waals surface area contributed by atoms with Crippen molar-refractivity contribution in [3.8, 4) is 0 Å². The van der Waals surface area contributed by atoms with E-state index in [1.165, 1.54) is 49.9 Å². The van der Waals surface area contributed by atoms with Gasteiger partial charge in [-0.3, -0.25) is 4.90 Å². The van der Waals surface area contributed by atoms with E-state index in [1.54, 1.807) is 0 Å². The highest BCUT2D eigenvalue weighted by Crippen LogP contribution is 2.22. The van der Waals surface area contributed by atoms with E-state index >= 15 is 0 Å². The summed E-state index contributed by atoms with van der Waals surface area (Å²) in [6, 6.07) is 9.27. The van der Waals surface area contributed by atoms with E-state index < -0.39 is 0 Å². The second-order valence-corrected chi connectivity index (χ2v) is 6.68. The highest BCUT2D eigenvalue weighted by atomic mass is 15.1. The zero-order valence-corrected chi connectivity index (χ0v) is 14.1. The van der Waals surface area contributed by atoms with Gasteiger partial charge in [0.2, 0.25) is 0 Å². The molecule has 0 radical (unpaired) electrons. The van der Waals surface area contributed by atoms with E-state index in [-0.39, 0.29) is 0 Å². The fraction of sp³-hybridized carbons (Fsp3) is 0.684. The van der Waals surface area contributed by atoms with Crippen LogP contribution in [0.3, 0.4) is 0 Å². The number of hydrogen-bond donors (Lipinski definition) is 1. The van der Waals surface area contributed by atoms with Gasteiger partial charge < -0.3 is 5.32 Å². The Kier molecular flexibility index (Phi) is 6.72. The van der Waals surface area contributed by atoms with Gasteiger partial charge in [-0.1, -0.05) is 44.5 Å². The lowest BCUT2D eigenvalue weighted by atomic mass is 9.98. The molecule has 1 aliphatic heterocycles. The van der Waals surface area contributed by atoms with Gasteiger partial charge in [0.15, 0.2) is 0 Å². The maximum absolute atomic E-state index is 3.25. The zero-order valence-electron chi connectivity index (χ0n) is 14.1. The summed E-state index contributed by atoms with van der Waals surface area (Å²) in [7, 11) is 2.02. The Morgan fingerprint density at radius 1 is 1.19 bits per heavy atom. The van der Waals surface area contributed by atoms with Gasteiger partial charge in [0, 0.05) is 13.1 Å². The molecule has 1 heterocycles. The van der Waals surface area contributed by atoms with Crippen molar-refractivity contribution in [3.63, 3.8) is 0 Å². The molecule has 2 unspecified atom stereocenters. The number of likely N-dealkylation sites (N-methyl/N-ethyl adjacent to an activating group) is 1. The van der Waals surface area contributed by atoms with Crippen molar-refractivity contribution in [3.05, 3.63) is 35.4 Å². The highest BCUT2D eigenvalue weighted by Gasteiger charge is 2.15. The third-order valence-electron chi connectivity index (χ3n) is 4.98. The Morgan fingerprint density at radius 3 is 2.62 bits per heavy atom. The maximum atomic E-state index is 3.25. The molecule has 2 nitrogen and oxygen atoms in total. The predicted molar refractivity (Wildman–Crippen MR) is 91.7 cm³/mol. The molecule has 0 bridgehead atoms. The monoisotopic (exact) mass is 288 g/mol. The molecule has 0 spiro atoms. The first-order valence-electron chi connectivity index (χ1n) is 8.68. The minimum absolute atomic E-state index is 0.590. The largest absolute Gasteiger partial charge is 0.319 e. The SMILES string of the molecule is CCC1CCCN(Cc2ccc(C(C)CNC)cc2)CC1. The quantitative estimate of drug-likeness (QED) is 0.850. The lowest BCUT2D eigenvalue weighted by Crippen LogP contribution is -2.24. The number of likely N-dealkylation sites (tertiary alicyclic amines) is 1. The molecule has 1 saturated heterocycles. The van der Waals surface area contributed by atoms with Crippen molar-refractivity contribution in [2.75, 3.05) is 26.7 Å². The van der Waals surface area contributed by atoms with E-state index in [9.17, 15) is 0 Å². The first kappa shape index (κ1) is 16.5. The number of benzene rings is 1. The lowest BCUT2D eigenvalue weighted by molar-refractivity contribution is 0.272. The third kappa shape index (κ3) is 5.12. The minimum Gasteiger partial charge on any atom is -0.319 e. The number of rotatable bonds is 6. The van der Waals surface area contributed by atoms with Crippen LogP contribution in [0.25, 0.3) is 0 Å². The zero-order chi connectivity index (χ0) is 15.1. The molecule has 21 heavy (non-hydrogen) atoms. The summed E-state index contributed by atoms with van der Waals surface area (Å²) >= 11 is 0. The molecular formula is C19H32N2. The van der Waals surface area contributed by atoms with Crippen LogP contribution in [0.5, 0.6) is 0 Å². The van der Waals surface area contributed by atoms with Crippen molar-refractivity contribution >= 4 is 0 Å². The molecule has 0 saturated carbocycles. The van der Waals surface area contributed by atoms with Crippen LogP contribution < -0.4 is 5.32 Å². The van der Waals surface area contributed by atoms with Crippen molar-refractivity contribution in [1.82, 2.24) is 10.2 Å². The highest BCUT2D eigenvalue weighted by molar-refractivity contribution is 5.25. The maximum Gasteiger partial charge on any atom is 0.0233 e. The van der Waals surface area contributed by atoms with E-state index in [0.717, 1.165) is 19.0 Å². The van der Waals surface area contributed by atoms with Crippen LogP contribution in [-0.4, -0.2) is 31.6 Å². The summed E-state index contributed by atoms with van der Waals surface area (Å²) in [5.41, 5.74) is 2.90. The summed E-state index contributed by atoms with van der Waals surface area (Å²) in [5, 5.41) is 3.25. The van der Waals surface area contributed by atoms with Gasteiger partial charge >= 0.3 is 0 Å². The molecule has 1 aromatic rings. The van der Waals surface area contributed by atoms with Crippen LogP contribution in [0.1, 0.15) is 56.6 Å². The molecule has 1 N–H and O–H groups in total. The molecule has 118 valence electrons. The van der Waals surface area contributed by atoms with Gasteiger partial charge in [-0.2, -0.15) is 0 Å². The standard InChI is InChI=1S/C19H32N2/c1-4-17-6-5-12-21(13-11-17)15-18-7-9-19(10-8-18)16(2)14-20-3/h7-10,16-17,20H,4-6,11-15H2,1-3H3. The molecule has 1 aliphatic rings. The average molecular weight is 288 g/mol. The molecule has 2 atom stereocenters. The van der Waals surface area contributed by atoms with Crippen LogP contribution in [0.2, 0.25) is 0 Å². The van der Waals surface area contributed by atoms with Crippen molar-refractivity contribution in [1.29, 1.82) is 0 Å². The van der Waals surface area contributed by atoms with Crippen LogP contribution in [-0.2, 0) is 6.54 Å². The molecule has 2 heteroatoms. The molecule has 1 aromatic carbocycles. The number of hydrogen-bond acceptors (Lipinski definition) is 2. The summed E-state index contributed by atoms with van der Waals surface area (Å²) < 4.78 is 0. The molecule has 0 aromatic heterocycles. The van der Waals surface area contributed by atoms with E-state index in [4.69, 9.17) is 0 Å². The van der Waals surface area contributed by atoms with Crippen molar-refractivity contribution in [2.45, 2.75) is 52.0 Å². The Hall–Kier alpha value is -0.860. The minimum atomic E-state index is 0.590. The smallest absolute Gasteiger partial charge is 0.0233 e. The van der Waals surface area contributed by atoms with Crippen LogP contribution in [0, 0.1) is 5.92 Å². The lowest BCUT2D eigenvalue weighted by Gasteiger charge is -2.20. The second-order valence-electron chi connectivity index (χ2n) is 6.68. The van der Waals surface area contributed by atoms with E-state index in [1.807, 2.05) is 7.05 Å². The van der Waals surface area contributed by atoms with Crippen molar-refractivity contribution in [2.24, 2.45) is 5.92 Å². The third-order valence-corrected chi connectivity index (χ3v) is 4.98. The second kappa shape index (κ2) is 8.55. The van der Waals surface area contributed by atoms with Crippen molar-refractivity contribution < 1.29 is 0 Å². The fourth-order valence-corrected chi connectivity index (χ4v) is 3.43. The molecule has 0 amide bonds. The molecular weight excluding hydrogens is 256 g/mol. The average Bonchev–Trinajstić information content (AvgIpc) is 2.73. The van der Waals surface area contributed by atoms with Gasteiger partial charge in [0.05, 0.1) is 0 Å². The van der Waals surface area contributed by atoms with Gasteiger partial charge in [0.1, 0.15) is 0 Å². The Balaban J connectivity index is 1.88. The normalized spacial score (nSPS) is 22.0. The summed E-state index contributed by atoms with van der Waals surface area (Å²) in [6.45, 7) is 9.34.